The molecule has 1 aliphatic heterocycles. The van der Waals surface area contributed by atoms with Crippen molar-refractivity contribution >= 4 is 11.9 Å². The van der Waals surface area contributed by atoms with Crippen LogP contribution in [0.25, 0.3) is 0 Å². The van der Waals surface area contributed by atoms with Gasteiger partial charge in [-0.15, -0.1) is 0 Å². The van der Waals surface area contributed by atoms with Crippen LogP contribution in [0.5, 0.6) is 0 Å². The average Bonchev–Trinajstić information content (AvgIpc) is 2.23. The second-order valence-electron chi connectivity index (χ2n) is 5.08. The molecule has 0 aromatic rings. The number of rotatable bonds is 3. The summed E-state index contributed by atoms with van der Waals surface area (Å²) in [5.41, 5.74) is -0.498. The molecule has 2 N–H and O–H groups in total. The molecule has 1 rings (SSSR count). The Kier molecular flexibility index (Phi) is 3.37. The number of guanidine groups is 1. The molecule has 0 aliphatic carbocycles. The molecule has 86 valence electrons. The molecule has 4 heteroatoms. The van der Waals surface area contributed by atoms with E-state index in [1.165, 1.54) is 0 Å². The molecule has 1 fully saturated rings. The first-order valence-corrected chi connectivity index (χ1v) is 5.51. The van der Waals surface area contributed by atoms with Crippen LogP contribution in [0, 0.1) is 5.92 Å². The van der Waals surface area contributed by atoms with E-state index >= 15 is 0 Å². The van der Waals surface area contributed by atoms with Crippen molar-refractivity contribution in [2.75, 3.05) is 0 Å². The van der Waals surface area contributed by atoms with Gasteiger partial charge in [-0.2, -0.15) is 0 Å². The van der Waals surface area contributed by atoms with Crippen LogP contribution in [-0.4, -0.2) is 23.4 Å². The van der Waals surface area contributed by atoms with Crippen molar-refractivity contribution < 1.29 is 4.79 Å². The SMILES string of the molecule is CC(C)CC1(C)NC(=NC(C)C)NC1=O. The Balaban J connectivity index is 2.75. The Hall–Kier alpha value is -1.06. The molecule has 1 unspecified atom stereocenters. The van der Waals surface area contributed by atoms with Crippen molar-refractivity contribution in [3.05, 3.63) is 0 Å². The number of aliphatic imine (C=N–C) groups is 1. The van der Waals surface area contributed by atoms with Gasteiger partial charge in [-0.25, -0.2) is 0 Å². The lowest BCUT2D eigenvalue weighted by atomic mass is 9.91. The van der Waals surface area contributed by atoms with Crippen molar-refractivity contribution in [2.45, 2.75) is 52.6 Å². The van der Waals surface area contributed by atoms with E-state index in [0.717, 1.165) is 6.42 Å². The molecule has 0 radical (unpaired) electrons. The van der Waals surface area contributed by atoms with Crippen molar-refractivity contribution in [3.63, 3.8) is 0 Å². The molecule has 0 aromatic heterocycles. The van der Waals surface area contributed by atoms with E-state index < -0.39 is 5.54 Å². The minimum Gasteiger partial charge on any atom is -0.342 e. The van der Waals surface area contributed by atoms with Gasteiger partial charge in [0.1, 0.15) is 5.54 Å². The zero-order valence-corrected chi connectivity index (χ0v) is 10.2. The number of amides is 1. The molecule has 1 atom stereocenters. The second-order valence-corrected chi connectivity index (χ2v) is 5.08. The van der Waals surface area contributed by atoms with Gasteiger partial charge in [-0.1, -0.05) is 13.8 Å². The monoisotopic (exact) mass is 211 g/mol. The lowest BCUT2D eigenvalue weighted by Gasteiger charge is -2.23. The molecule has 4 nitrogen and oxygen atoms in total. The van der Waals surface area contributed by atoms with E-state index in [9.17, 15) is 4.79 Å². The summed E-state index contributed by atoms with van der Waals surface area (Å²) in [6, 6.07) is 0.189. The van der Waals surface area contributed by atoms with E-state index in [1.807, 2.05) is 20.8 Å². The van der Waals surface area contributed by atoms with Gasteiger partial charge in [0.2, 0.25) is 0 Å². The minimum atomic E-state index is -0.498. The first kappa shape index (κ1) is 12.0. The van der Waals surface area contributed by atoms with Crippen molar-refractivity contribution in [3.8, 4) is 0 Å². The summed E-state index contributed by atoms with van der Waals surface area (Å²) in [5, 5.41) is 5.95. The maximum atomic E-state index is 11.8. The van der Waals surface area contributed by atoms with Crippen molar-refractivity contribution in [1.29, 1.82) is 0 Å². The van der Waals surface area contributed by atoms with Gasteiger partial charge in [0.15, 0.2) is 5.96 Å². The van der Waals surface area contributed by atoms with Gasteiger partial charge in [0.25, 0.3) is 5.91 Å². The highest BCUT2D eigenvalue weighted by atomic mass is 16.2. The van der Waals surface area contributed by atoms with E-state index in [-0.39, 0.29) is 11.9 Å². The Morgan fingerprint density at radius 3 is 2.40 bits per heavy atom. The van der Waals surface area contributed by atoms with Gasteiger partial charge in [0.05, 0.1) is 0 Å². The summed E-state index contributed by atoms with van der Waals surface area (Å²) in [6.45, 7) is 10.1. The molecule has 0 saturated carbocycles. The largest absolute Gasteiger partial charge is 0.342 e. The highest BCUT2D eigenvalue weighted by Gasteiger charge is 2.40. The van der Waals surface area contributed by atoms with E-state index in [4.69, 9.17) is 0 Å². The number of hydrogen-bond acceptors (Lipinski definition) is 2. The second kappa shape index (κ2) is 4.21. The third kappa shape index (κ3) is 2.94. The Labute approximate surface area is 91.5 Å². The first-order chi connectivity index (χ1) is 6.83. The van der Waals surface area contributed by atoms with E-state index in [0.29, 0.717) is 11.9 Å². The normalized spacial score (nSPS) is 28.7. The molecule has 1 heterocycles. The van der Waals surface area contributed by atoms with Crippen LogP contribution in [-0.2, 0) is 4.79 Å². The molecular weight excluding hydrogens is 190 g/mol. The van der Waals surface area contributed by atoms with E-state index in [1.54, 1.807) is 0 Å². The topological polar surface area (TPSA) is 53.5 Å². The molecule has 1 aliphatic rings. The average molecular weight is 211 g/mol. The fraction of sp³-hybridized carbons (Fsp3) is 0.818. The first-order valence-electron chi connectivity index (χ1n) is 5.51. The molecule has 0 spiro atoms. The van der Waals surface area contributed by atoms with Crippen LogP contribution < -0.4 is 10.6 Å². The molecule has 0 aromatic carbocycles. The number of nitrogens with zero attached hydrogens (tertiary/aromatic N) is 1. The smallest absolute Gasteiger partial charge is 0.252 e. The predicted molar refractivity (Wildman–Crippen MR) is 61.7 cm³/mol. The van der Waals surface area contributed by atoms with Crippen molar-refractivity contribution in [1.82, 2.24) is 10.6 Å². The summed E-state index contributed by atoms with van der Waals surface area (Å²) < 4.78 is 0. The molecule has 1 saturated heterocycles. The Morgan fingerprint density at radius 2 is 1.93 bits per heavy atom. The fourth-order valence-corrected chi connectivity index (χ4v) is 1.88. The van der Waals surface area contributed by atoms with Crippen LogP contribution in [0.2, 0.25) is 0 Å². The molecular formula is C11H21N3O. The van der Waals surface area contributed by atoms with Gasteiger partial charge >= 0.3 is 0 Å². The van der Waals surface area contributed by atoms with Crippen LogP contribution in [0.3, 0.4) is 0 Å². The van der Waals surface area contributed by atoms with Crippen LogP contribution in [0.4, 0.5) is 0 Å². The standard InChI is InChI=1S/C11H21N3O/c1-7(2)6-11(5)9(15)13-10(14-11)12-8(3)4/h7-8H,6H2,1-5H3,(H2,12,13,14,15). The van der Waals surface area contributed by atoms with Gasteiger partial charge in [-0.05, 0) is 33.1 Å². The van der Waals surface area contributed by atoms with Gasteiger partial charge in [-0.3, -0.25) is 15.1 Å². The maximum Gasteiger partial charge on any atom is 0.252 e. The fourth-order valence-electron chi connectivity index (χ4n) is 1.88. The number of nitrogens with one attached hydrogen (secondary N) is 2. The summed E-state index contributed by atoms with van der Waals surface area (Å²) in [5.74, 6) is 1.11. The maximum absolute atomic E-state index is 11.8. The zero-order valence-electron chi connectivity index (χ0n) is 10.2. The lowest BCUT2D eigenvalue weighted by Crippen LogP contribution is -2.44. The summed E-state index contributed by atoms with van der Waals surface area (Å²) >= 11 is 0. The molecule has 0 bridgehead atoms. The van der Waals surface area contributed by atoms with Gasteiger partial charge in [0, 0.05) is 6.04 Å². The highest BCUT2D eigenvalue weighted by molar-refractivity contribution is 6.08. The summed E-state index contributed by atoms with van der Waals surface area (Å²) in [7, 11) is 0. The minimum absolute atomic E-state index is 0.0237. The van der Waals surface area contributed by atoms with Crippen LogP contribution >= 0.6 is 0 Å². The van der Waals surface area contributed by atoms with Gasteiger partial charge < -0.3 is 5.32 Å². The van der Waals surface area contributed by atoms with Crippen LogP contribution in [0.15, 0.2) is 4.99 Å². The molecule has 1 amide bonds. The molecule has 15 heavy (non-hydrogen) atoms. The predicted octanol–water partition coefficient (Wildman–Crippen LogP) is 1.27. The lowest BCUT2D eigenvalue weighted by molar-refractivity contribution is -0.123. The quantitative estimate of drug-likeness (QED) is 0.738. The number of carbonyl (C=O) groups is 1. The number of hydrogen-bond donors (Lipinski definition) is 2. The third-order valence-electron chi connectivity index (χ3n) is 2.33. The van der Waals surface area contributed by atoms with Crippen LogP contribution in [0.1, 0.15) is 41.0 Å². The zero-order chi connectivity index (χ0) is 11.6. The van der Waals surface area contributed by atoms with Crippen molar-refractivity contribution in [2.24, 2.45) is 10.9 Å². The number of carbonyl (C=O) groups excluding carboxylic acids is 1. The summed E-state index contributed by atoms with van der Waals surface area (Å²) in [4.78, 5) is 16.1. The Bertz CT molecular complexity index is 284. The highest BCUT2D eigenvalue weighted by Crippen LogP contribution is 2.19. The van der Waals surface area contributed by atoms with E-state index in [2.05, 4.69) is 29.5 Å². The summed E-state index contributed by atoms with van der Waals surface area (Å²) in [6.07, 6.45) is 0.815. The Morgan fingerprint density at radius 1 is 1.33 bits per heavy atom. The third-order valence-corrected chi connectivity index (χ3v) is 2.33.